The van der Waals surface area contributed by atoms with Crippen LogP contribution in [0.25, 0.3) is 0 Å². The van der Waals surface area contributed by atoms with Crippen LogP contribution in [0.1, 0.15) is 24.2 Å². The summed E-state index contributed by atoms with van der Waals surface area (Å²) < 4.78 is 5.28. The molecule has 0 fully saturated rings. The second kappa shape index (κ2) is 8.73. The monoisotopic (exact) mass is 292 g/mol. The minimum atomic E-state index is -0.311. The predicted octanol–water partition coefficient (Wildman–Crippen LogP) is 0.766. The number of rotatable bonds is 8. The summed E-state index contributed by atoms with van der Waals surface area (Å²) in [4.78, 5) is 33.6. The maximum atomic E-state index is 11.6. The van der Waals surface area contributed by atoms with E-state index in [0.29, 0.717) is 30.7 Å². The smallest absolute Gasteiger partial charge is 0.258 e. The first-order valence-corrected chi connectivity index (χ1v) is 6.76. The third kappa shape index (κ3) is 6.07. The fraction of sp³-hybridized carbons (Fsp3) is 0.400. The van der Waals surface area contributed by atoms with Gasteiger partial charge in [0.05, 0.1) is 5.56 Å². The molecule has 0 atom stereocenters. The van der Waals surface area contributed by atoms with Crippen molar-refractivity contribution >= 4 is 18.1 Å². The molecule has 0 unspecified atom stereocenters. The maximum Gasteiger partial charge on any atom is 0.258 e. The zero-order chi connectivity index (χ0) is 15.7. The summed E-state index contributed by atoms with van der Waals surface area (Å²) in [6.45, 7) is 4.12. The second-order valence-electron chi connectivity index (χ2n) is 4.74. The molecule has 2 N–H and O–H groups in total. The van der Waals surface area contributed by atoms with E-state index in [1.807, 2.05) is 0 Å². The molecule has 0 aromatic heterocycles. The Labute approximate surface area is 123 Å². The van der Waals surface area contributed by atoms with Gasteiger partial charge in [0.2, 0.25) is 5.91 Å². The average Bonchev–Trinajstić information content (AvgIpc) is 2.49. The Morgan fingerprint density at radius 1 is 1.19 bits per heavy atom. The highest BCUT2D eigenvalue weighted by Crippen LogP contribution is 2.15. The summed E-state index contributed by atoms with van der Waals surface area (Å²) in [6, 6.07) is 6.68. The lowest BCUT2D eigenvalue weighted by molar-refractivity contribution is -0.125. The molecule has 0 aliphatic rings. The van der Waals surface area contributed by atoms with Crippen molar-refractivity contribution in [3.63, 3.8) is 0 Å². The van der Waals surface area contributed by atoms with E-state index in [1.54, 1.807) is 38.1 Å². The number of aldehydes is 1. The number of carbonyl (C=O) groups excluding carboxylic acids is 3. The first kappa shape index (κ1) is 16.7. The number of ether oxygens (including phenoxy) is 1. The predicted molar refractivity (Wildman–Crippen MR) is 78.2 cm³/mol. The number of para-hydroxylation sites is 1. The molecular weight excluding hydrogens is 272 g/mol. The van der Waals surface area contributed by atoms with E-state index in [0.717, 1.165) is 0 Å². The SMILES string of the molecule is CC(C)C(=O)NCCNC(=O)COc1ccccc1C=O. The topological polar surface area (TPSA) is 84.5 Å². The van der Waals surface area contributed by atoms with Crippen LogP contribution in [0.2, 0.25) is 0 Å². The Morgan fingerprint density at radius 2 is 1.86 bits per heavy atom. The van der Waals surface area contributed by atoms with Crippen LogP contribution in [0.3, 0.4) is 0 Å². The van der Waals surface area contributed by atoms with Crippen LogP contribution in [0.5, 0.6) is 5.75 Å². The summed E-state index contributed by atoms with van der Waals surface area (Å²) in [7, 11) is 0. The van der Waals surface area contributed by atoms with Gasteiger partial charge in [-0.1, -0.05) is 26.0 Å². The highest BCUT2D eigenvalue weighted by Gasteiger charge is 2.07. The standard InChI is InChI=1S/C15H20N2O4/c1-11(2)15(20)17-8-7-16-14(19)10-21-13-6-4-3-5-12(13)9-18/h3-6,9,11H,7-8,10H2,1-2H3,(H,16,19)(H,17,20). The van der Waals surface area contributed by atoms with Crippen molar-refractivity contribution in [2.75, 3.05) is 19.7 Å². The van der Waals surface area contributed by atoms with Crippen LogP contribution < -0.4 is 15.4 Å². The Kier molecular flexibility index (Phi) is 6.94. The molecule has 0 aliphatic carbocycles. The van der Waals surface area contributed by atoms with Gasteiger partial charge in [0, 0.05) is 19.0 Å². The zero-order valence-corrected chi connectivity index (χ0v) is 12.2. The molecule has 2 amide bonds. The van der Waals surface area contributed by atoms with Gasteiger partial charge in [-0.2, -0.15) is 0 Å². The van der Waals surface area contributed by atoms with Crippen molar-refractivity contribution in [2.24, 2.45) is 5.92 Å². The molecule has 1 aromatic carbocycles. The third-order valence-corrected chi connectivity index (χ3v) is 2.68. The Balaban J connectivity index is 2.25. The Bertz CT molecular complexity index is 500. The minimum Gasteiger partial charge on any atom is -0.483 e. The number of benzene rings is 1. The minimum absolute atomic E-state index is 0.0552. The zero-order valence-electron chi connectivity index (χ0n) is 12.2. The van der Waals surface area contributed by atoms with E-state index in [1.165, 1.54) is 0 Å². The highest BCUT2D eigenvalue weighted by atomic mass is 16.5. The van der Waals surface area contributed by atoms with Gasteiger partial charge < -0.3 is 15.4 Å². The van der Waals surface area contributed by atoms with Crippen LogP contribution in [0.4, 0.5) is 0 Å². The van der Waals surface area contributed by atoms with Crippen molar-refractivity contribution < 1.29 is 19.1 Å². The van der Waals surface area contributed by atoms with Gasteiger partial charge in [0.25, 0.3) is 5.91 Å². The Hall–Kier alpha value is -2.37. The number of carbonyl (C=O) groups is 3. The van der Waals surface area contributed by atoms with E-state index >= 15 is 0 Å². The lowest BCUT2D eigenvalue weighted by Crippen LogP contribution is -2.38. The molecule has 0 radical (unpaired) electrons. The number of hydrogen-bond donors (Lipinski definition) is 2. The van der Waals surface area contributed by atoms with Crippen LogP contribution in [-0.2, 0) is 9.59 Å². The molecule has 1 rings (SSSR count). The number of nitrogens with one attached hydrogen (secondary N) is 2. The summed E-state index contributed by atoms with van der Waals surface area (Å²) in [5.74, 6) is -0.0745. The summed E-state index contributed by atoms with van der Waals surface area (Å²) in [5.41, 5.74) is 0.398. The molecule has 114 valence electrons. The van der Waals surface area contributed by atoms with E-state index in [4.69, 9.17) is 4.74 Å². The molecule has 0 aliphatic heterocycles. The average molecular weight is 292 g/mol. The summed E-state index contributed by atoms with van der Waals surface area (Å²) in [6.07, 6.45) is 0.675. The second-order valence-corrected chi connectivity index (χ2v) is 4.74. The number of amides is 2. The van der Waals surface area contributed by atoms with Crippen molar-refractivity contribution in [1.82, 2.24) is 10.6 Å². The molecular formula is C15H20N2O4. The summed E-state index contributed by atoms with van der Waals surface area (Å²) in [5, 5.41) is 5.31. The van der Waals surface area contributed by atoms with Crippen LogP contribution in [0.15, 0.2) is 24.3 Å². The molecule has 0 saturated heterocycles. The van der Waals surface area contributed by atoms with E-state index in [9.17, 15) is 14.4 Å². The molecule has 1 aromatic rings. The van der Waals surface area contributed by atoms with E-state index in [-0.39, 0.29) is 24.3 Å². The van der Waals surface area contributed by atoms with Crippen LogP contribution >= 0.6 is 0 Å². The normalized spacial score (nSPS) is 10.0. The van der Waals surface area contributed by atoms with Crippen molar-refractivity contribution in [1.29, 1.82) is 0 Å². The molecule has 0 saturated carbocycles. The maximum absolute atomic E-state index is 11.6. The van der Waals surface area contributed by atoms with Crippen LogP contribution in [0, 0.1) is 5.92 Å². The van der Waals surface area contributed by atoms with Gasteiger partial charge in [-0.25, -0.2) is 0 Å². The van der Waals surface area contributed by atoms with Gasteiger partial charge in [-0.15, -0.1) is 0 Å². The Morgan fingerprint density at radius 3 is 2.52 bits per heavy atom. The lowest BCUT2D eigenvalue weighted by atomic mass is 10.2. The van der Waals surface area contributed by atoms with Crippen LogP contribution in [-0.4, -0.2) is 37.8 Å². The first-order chi connectivity index (χ1) is 10.0. The van der Waals surface area contributed by atoms with Gasteiger partial charge in [-0.3, -0.25) is 14.4 Å². The molecule has 6 nitrogen and oxygen atoms in total. The quantitative estimate of drug-likeness (QED) is 0.547. The molecule has 0 bridgehead atoms. The van der Waals surface area contributed by atoms with Gasteiger partial charge >= 0.3 is 0 Å². The van der Waals surface area contributed by atoms with Crippen molar-refractivity contribution in [3.05, 3.63) is 29.8 Å². The molecule has 0 spiro atoms. The van der Waals surface area contributed by atoms with Gasteiger partial charge in [0.1, 0.15) is 5.75 Å². The fourth-order valence-corrected chi connectivity index (χ4v) is 1.50. The fourth-order valence-electron chi connectivity index (χ4n) is 1.50. The molecule has 0 heterocycles. The lowest BCUT2D eigenvalue weighted by Gasteiger charge is -2.10. The largest absolute Gasteiger partial charge is 0.483 e. The van der Waals surface area contributed by atoms with Gasteiger partial charge in [-0.05, 0) is 12.1 Å². The van der Waals surface area contributed by atoms with Crippen molar-refractivity contribution in [2.45, 2.75) is 13.8 Å². The first-order valence-electron chi connectivity index (χ1n) is 6.76. The van der Waals surface area contributed by atoms with E-state index < -0.39 is 0 Å². The third-order valence-electron chi connectivity index (χ3n) is 2.68. The number of hydrogen-bond acceptors (Lipinski definition) is 4. The summed E-state index contributed by atoms with van der Waals surface area (Å²) >= 11 is 0. The highest BCUT2D eigenvalue weighted by molar-refractivity contribution is 5.81. The van der Waals surface area contributed by atoms with E-state index in [2.05, 4.69) is 10.6 Å². The van der Waals surface area contributed by atoms with Crippen molar-refractivity contribution in [3.8, 4) is 5.75 Å². The van der Waals surface area contributed by atoms with Gasteiger partial charge in [0.15, 0.2) is 12.9 Å². The molecule has 6 heteroatoms. The molecule has 21 heavy (non-hydrogen) atoms.